The molecule has 2 N–H and O–H groups in total. The summed E-state index contributed by atoms with van der Waals surface area (Å²) < 4.78 is 0. The van der Waals surface area contributed by atoms with Crippen molar-refractivity contribution < 1.29 is 0 Å². The highest BCUT2D eigenvalue weighted by Crippen LogP contribution is 2.15. The van der Waals surface area contributed by atoms with Crippen LogP contribution in [0, 0.1) is 5.92 Å². The number of allylic oxidation sites excluding steroid dienone is 1. The van der Waals surface area contributed by atoms with Gasteiger partial charge in [0.1, 0.15) is 0 Å². The normalized spacial score (nSPS) is 37.8. The maximum absolute atomic E-state index is 5.69. The van der Waals surface area contributed by atoms with Gasteiger partial charge in [-0.3, -0.25) is 0 Å². The summed E-state index contributed by atoms with van der Waals surface area (Å²) >= 11 is 0. The van der Waals surface area contributed by atoms with E-state index in [1.165, 1.54) is 12.8 Å². The lowest BCUT2D eigenvalue weighted by Crippen LogP contribution is -2.27. The minimum Gasteiger partial charge on any atom is -0.324 e. The van der Waals surface area contributed by atoms with Crippen molar-refractivity contribution in [2.75, 3.05) is 0 Å². The summed E-state index contributed by atoms with van der Waals surface area (Å²) in [5.41, 5.74) is 5.69. The molecule has 1 nitrogen and oxygen atoms in total. The van der Waals surface area contributed by atoms with Crippen molar-refractivity contribution in [2.45, 2.75) is 25.8 Å². The Labute approximate surface area is 50.6 Å². The molecule has 0 radical (unpaired) electrons. The maximum Gasteiger partial charge on any atom is 0.0249 e. The molecule has 8 heavy (non-hydrogen) atoms. The Morgan fingerprint density at radius 3 is 2.75 bits per heavy atom. The molecule has 2 atom stereocenters. The van der Waals surface area contributed by atoms with Gasteiger partial charge < -0.3 is 5.73 Å². The van der Waals surface area contributed by atoms with E-state index >= 15 is 0 Å². The number of hydrogen-bond acceptors (Lipinski definition) is 1. The second-order valence-corrected chi connectivity index (χ2v) is 2.56. The van der Waals surface area contributed by atoms with E-state index in [-0.39, 0.29) is 0 Å². The largest absolute Gasteiger partial charge is 0.324 e. The van der Waals surface area contributed by atoms with Gasteiger partial charge in [-0.15, -0.1) is 0 Å². The van der Waals surface area contributed by atoms with Crippen LogP contribution >= 0.6 is 0 Å². The quantitative estimate of drug-likeness (QED) is 0.468. The van der Waals surface area contributed by atoms with Crippen molar-refractivity contribution in [1.82, 2.24) is 0 Å². The molecule has 0 aromatic heterocycles. The summed E-state index contributed by atoms with van der Waals surface area (Å²) in [4.78, 5) is 0. The standard InChI is InChI=1S/C7H13N/c1-6-4-2-3-5-7(6)8/h3,5-7H,2,4,8H2,1H3/t6?,7-/m1/s1. The minimum absolute atomic E-state index is 0.323. The molecule has 46 valence electrons. The highest BCUT2D eigenvalue weighted by Gasteiger charge is 2.11. The molecule has 1 heteroatoms. The lowest BCUT2D eigenvalue weighted by atomic mass is 9.92. The second-order valence-electron chi connectivity index (χ2n) is 2.56. The second kappa shape index (κ2) is 2.31. The number of hydrogen-bond donors (Lipinski definition) is 1. The molecule has 0 fully saturated rings. The third-order valence-corrected chi connectivity index (χ3v) is 1.80. The van der Waals surface area contributed by atoms with Crippen LogP contribution < -0.4 is 5.73 Å². The Hall–Kier alpha value is -0.300. The van der Waals surface area contributed by atoms with E-state index in [0.717, 1.165) is 0 Å². The molecular weight excluding hydrogens is 98.1 g/mol. The van der Waals surface area contributed by atoms with Crippen molar-refractivity contribution in [3.8, 4) is 0 Å². The molecule has 0 aromatic rings. The molecule has 0 amide bonds. The molecule has 0 saturated heterocycles. The van der Waals surface area contributed by atoms with Gasteiger partial charge in [-0.05, 0) is 18.8 Å². The van der Waals surface area contributed by atoms with E-state index in [1.807, 2.05) is 0 Å². The van der Waals surface area contributed by atoms with E-state index in [2.05, 4.69) is 19.1 Å². The topological polar surface area (TPSA) is 26.0 Å². The summed E-state index contributed by atoms with van der Waals surface area (Å²) in [5.74, 6) is 0.694. The third-order valence-electron chi connectivity index (χ3n) is 1.80. The molecule has 0 saturated carbocycles. The predicted molar refractivity (Wildman–Crippen MR) is 35.5 cm³/mol. The van der Waals surface area contributed by atoms with Crippen LogP contribution in [0.15, 0.2) is 12.2 Å². The highest BCUT2D eigenvalue weighted by molar-refractivity contribution is 4.98. The zero-order chi connectivity index (χ0) is 5.98. The van der Waals surface area contributed by atoms with Crippen molar-refractivity contribution in [1.29, 1.82) is 0 Å². The Balaban J connectivity index is 2.47. The Bertz CT molecular complexity index is 96.6. The van der Waals surface area contributed by atoms with Crippen molar-refractivity contribution in [3.63, 3.8) is 0 Å². The fourth-order valence-electron chi connectivity index (χ4n) is 0.995. The summed E-state index contributed by atoms with van der Waals surface area (Å²) in [7, 11) is 0. The molecule has 0 aliphatic heterocycles. The van der Waals surface area contributed by atoms with Gasteiger partial charge in [-0.25, -0.2) is 0 Å². The monoisotopic (exact) mass is 111 g/mol. The lowest BCUT2D eigenvalue weighted by molar-refractivity contribution is 0.466. The predicted octanol–water partition coefficient (Wildman–Crippen LogP) is 1.30. The van der Waals surface area contributed by atoms with Crippen LogP contribution in [-0.2, 0) is 0 Å². The zero-order valence-electron chi connectivity index (χ0n) is 5.30. The van der Waals surface area contributed by atoms with E-state index in [9.17, 15) is 0 Å². The lowest BCUT2D eigenvalue weighted by Gasteiger charge is -2.19. The van der Waals surface area contributed by atoms with Gasteiger partial charge in [0, 0.05) is 6.04 Å². The summed E-state index contributed by atoms with van der Waals surface area (Å²) in [6.07, 6.45) is 6.76. The van der Waals surface area contributed by atoms with Crippen LogP contribution in [0.3, 0.4) is 0 Å². The van der Waals surface area contributed by atoms with Gasteiger partial charge in [0.2, 0.25) is 0 Å². The van der Waals surface area contributed by atoms with E-state index in [1.54, 1.807) is 0 Å². The highest BCUT2D eigenvalue weighted by atomic mass is 14.6. The maximum atomic E-state index is 5.69. The third kappa shape index (κ3) is 1.10. The Morgan fingerprint density at radius 2 is 2.38 bits per heavy atom. The van der Waals surface area contributed by atoms with Crippen LogP contribution in [-0.4, -0.2) is 6.04 Å². The van der Waals surface area contributed by atoms with E-state index < -0.39 is 0 Å². The summed E-state index contributed by atoms with van der Waals surface area (Å²) in [5, 5.41) is 0. The van der Waals surface area contributed by atoms with Gasteiger partial charge in [0.05, 0.1) is 0 Å². The molecule has 1 rings (SSSR count). The molecule has 1 unspecified atom stereocenters. The smallest absolute Gasteiger partial charge is 0.0249 e. The minimum atomic E-state index is 0.323. The number of nitrogens with two attached hydrogens (primary N) is 1. The van der Waals surface area contributed by atoms with Crippen molar-refractivity contribution in [2.24, 2.45) is 11.7 Å². The van der Waals surface area contributed by atoms with Crippen molar-refractivity contribution >= 4 is 0 Å². The molecule has 1 aliphatic rings. The Kier molecular flexibility index (Phi) is 1.69. The molecule has 1 aliphatic carbocycles. The van der Waals surface area contributed by atoms with Gasteiger partial charge in [-0.1, -0.05) is 19.1 Å². The average Bonchev–Trinajstić information content (AvgIpc) is 1.77. The summed E-state index contributed by atoms with van der Waals surface area (Å²) in [6.45, 7) is 2.20. The molecule has 0 aromatic carbocycles. The summed E-state index contributed by atoms with van der Waals surface area (Å²) in [6, 6.07) is 0.323. The first kappa shape index (κ1) is 5.83. The zero-order valence-corrected chi connectivity index (χ0v) is 5.30. The van der Waals surface area contributed by atoms with E-state index in [4.69, 9.17) is 5.73 Å². The van der Waals surface area contributed by atoms with E-state index in [0.29, 0.717) is 12.0 Å². The molecule has 0 bridgehead atoms. The SMILES string of the molecule is CC1CCC=C[C@H]1N. The van der Waals surface area contributed by atoms with Gasteiger partial charge >= 0.3 is 0 Å². The van der Waals surface area contributed by atoms with Gasteiger partial charge in [0.25, 0.3) is 0 Å². The van der Waals surface area contributed by atoms with Gasteiger partial charge in [0.15, 0.2) is 0 Å². The van der Waals surface area contributed by atoms with Gasteiger partial charge in [-0.2, -0.15) is 0 Å². The number of rotatable bonds is 0. The van der Waals surface area contributed by atoms with Crippen LogP contribution in [0.2, 0.25) is 0 Å². The molecule has 0 spiro atoms. The van der Waals surface area contributed by atoms with Crippen LogP contribution in [0.4, 0.5) is 0 Å². The van der Waals surface area contributed by atoms with Crippen LogP contribution in [0.25, 0.3) is 0 Å². The Morgan fingerprint density at radius 1 is 1.62 bits per heavy atom. The van der Waals surface area contributed by atoms with Crippen molar-refractivity contribution in [3.05, 3.63) is 12.2 Å². The van der Waals surface area contributed by atoms with Crippen LogP contribution in [0.5, 0.6) is 0 Å². The molecule has 0 heterocycles. The fraction of sp³-hybridized carbons (Fsp3) is 0.714. The molecular formula is C7H13N. The first-order valence-corrected chi connectivity index (χ1v) is 3.23. The fourth-order valence-corrected chi connectivity index (χ4v) is 0.995. The first-order chi connectivity index (χ1) is 3.80. The average molecular weight is 111 g/mol. The first-order valence-electron chi connectivity index (χ1n) is 3.23. The van der Waals surface area contributed by atoms with Crippen LogP contribution in [0.1, 0.15) is 19.8 Å².